The van der Waals surface area contributed by atoms with Crippen molar-refractivity contribution in [2.45, 2.75) is 39.1 Å². The average molecular weight is 468 g/mol. The van der Waals surface area contributed by atoms with Gasteiger partial charge in [0.15, 0.2) is 0 Å². The van der Waals surface area contributed by atoms with Crippen LogP contribution in [0, 0.1) is 23.7 Å². The molecule has 6 unspecified atom stereocenters. The highest BCUT2D eigenvalue weighted by Gasteiger charge is 2.49. The summed E-state index contributed by atoms with van der Waals surface area (Å²) in [7, 11) is 0. The number of fused-ring (bicyclic) bond motifs is 1. The van der Waals surface area contributed by atoms with E-state index >= 15 is 0 Å². The van der Waals surface area contributed by atoms with Crippen LogP contribution in [-0.2, 0) is 14.4 Å². The summed E-state index contributed by atoms with van der Waals surface area (Å²) in [6.07, 6.45) is 0.0540. The number of anilines is 1. The van der Waals surface area contributed by atoms with Gasteiger partial charge in [0.1, 0.15) is 6.29 Å². The molecule has 4 rings (SSSR count). The number of carbonyl (C=O) groups is 3. The standard InChI is InChI=1S/C21H27Cl2N5O3/c1-10-5-11(2)9-28(8-10)21-26-18-17(20(31)27-21)13(7-16(29)25-18)19(30)24-15-6-12(22)3-4-14(15)23/h3-4,6,10-11,13,17-18,21,26H,5,7-9H2,1-2H3,(H,24,30)(H,25,29)(H,27,31). The molecule has 3 amide bonds. The molecule has 0 spiro atoms. The van der Waals surface area contributed by atoms with Crippen LogP contribution >= 0.6 is 23.2 Å². The van der Waals surface area contributed by atoms with Gasteiger partial charge in [0, 0.05) is 24.5 Å². The highest BCUT2D eigenvalue weighted by atomic mass is 35.5. The first-order chi connectivity index (χ1) is 14.7. The molecule has 8 nitrogen and oxygen atoms in total. The lowest BCUT2D eigenvalue weighted by Crippen LogP contribution is -2.75. The van der Waals surface area contributed by atoms with Crippen molar-refractivity contribution in [3.05, 3.63) is 28.2 Å². The molecular formula is C21H27Cl2N5O3. The Morgan fingerprint density at radius 2 is 1.84 bits per heavy atom. The first-order valence-electron chi connectivity index (χ1n) is 10.6. The number of hydrogen-bond donors (Lipinski definition) is 4. The van der Waals surface area contributed by atoms with Gasteiger partial charge in [-0.25, -0.2) is 0 Å². The number of nitrogens with zero attached hydrogens (tertiary/aromatic N) is 1. The molecule has 3 fully saturated rings. The largest absolute Gasteiger partial charge is 0.340 e. The fourth-order valence-electron chi connectivity index (χ4n) is 5.00. The van der Waals surface area contributed by atoms with Gasteiger partial charge in [-0.3, -0.25) is 24.6 Å². The minimum Gasteiger partial charge on any atom is -0.340 e. The molecule has 0 aliphatic carbocycles. The normalized spacial score (nSPS) is 33.8. The van der Waals surface area contributed by atoms with E-state index < -0.39 is 23.9 Å². The van der Waals surface area contributed by atoms with Crippen LogP contribution in [-0.4, -0.2) is 48.2 Å². The number of likely N-dealkylation sites (tertiary alicyclic amines) is 1. The highest BCUT2D eigenvalue weighted by molar-refractivity contribution is 6.35. The Hall–Kier alpha value is -1.87. The van der Waals surface area contributed by atoms with Crippen LogP contribution in [0.5, 0.6) is 0 Å². The van der Waals surface area contributed by atoms with Gasteiger partial charge in [-0.05, 0) is 36.5 Å². The van der Waals surface area contributed by atoms with Crippen molar-refractivity contribution in [3.63, 3.8) is 0 Å². The van der Waals surface area contributed by atoms with Crippen molar-refractivity contribution in [1.29, 1.82) is 0 Å². The van der Waals surface area contributed by atoms with Gasteiger partial charge in [0.05, 0.1) is 28.7 Å². The number of piperidine rings is 2. The van der Waals surface area contributed by atoms with Gasteiger partial charge in [-0.1, -0.05) is 37.0 Å². The van der Waals surface area contributed by atoms with Gasteiger partial charge in [0.25, 0.3) is 0 Å². The minimum absolute atomic E-state index is 0.0806. The van der Waals surface area contributed by atoms with Gasteiger partial charge in [-0.2, -0.15) is 0 Å². The molecule has 0 bridgehead atoms. The summed E-state index contributed by atoms with van der Waals surface area (Å²) in [5, 5.41) is 12.7. The molecule has 3 heterocycles. The summed E-state index contributed by atoms with van der Waals surface area (Å²) in [4.78, 5) is 40.7. The Kier molecular flexibility index (Phi) is 6.44. The number of rotatable bonds is 3. The summed E-state index contributed by atoms with van der Waals surface area (Å²) in [5.41, 5.74) is 0.347. The summed E-state index contributed by atoms with van der Waals surface area (Å²) in [6.45, 7) is 6.09. The summed E-state index contributed by atoms with van der Waals surface area (Å²) < 4.78 is 0. The molecule has 3 saturated heterocycles. The van der Waals surface area contributed by atoms with Crippen LogP contribution in [0.25, 0.3) is 0 Å². The molecule has 0 radical (unpaired) electrons. The van der Waals surface area contributed by atoms with Crippen molar-refractivity contribution in [3.8, 4) is 0 Å². The summed E-state index contributed by atoms with van der Waals surface area (Å²) >= 11 is 12.2. The third-order valence-corrected chi connectivity index (χ3v) is 6.78. The van der Waals surface area contributed by atoms with E-state index in [4.69, 9.17) is 23.2 Å². The quantitative estimate of drug-likeness (QED) is 0.544. The maximum absolute atomic E-state index is 13.1. The number of halogens is 2. The van der Waals surface area contributed by atoms with Crippen LogP contribution in [0.1, 0.15) is 26.7 Å². The van der Waals surface area contributed by atoms with E-state index in [2.05, 4.69) is 40.0 Å². The Morgan fingerprint density at radius 1 is 1.13 bits per heavy atom. The second-order valence-corrected chi connectivity index (χ2v) is 9.82. The Morgan fingerprint density at radius 3 is 2.55 bits per heavy atom. The maximum Gasteiger partial charge on any atom is 0.229 e. The zero-order valence-corrected chi connectivity index (χ0v) is 19.0. The average Bonchev–Trinajstić information content (AvgIpc) is 2.69. The Labute approximate surface area is 191 Å². The topological polar surface area (TPSA) is 103 Å². The predicted molar refractivity (Wildman–Crippen MR) is 118 cm³/mol. The zero-order valence-electron chi connectivity index (χ0n) is 17.5. The van der Waals surface area contributed by atoms with Crippen molar-refractivity contribution < 1.29 is 14.4 Å². The number of benzene rings is 1. The van der Waals surface area contributed by atoms with Gasteiger partial charge in [0.2, 0.25) is 17.7 Å². The summed E-state index contributed by atoms with van der Waals surface area (Å²) in [5.74, 6) is -1.50. The van der Waals surface area contributed by atoms with E-state index in [1.165, 1.54) is 6.07 Å². The second kappa shape index (κ2) is 8.94. The molecule has 0 saturated carbocycles. The third kappa shape index (κ3) is 4.82. The molecular weight excluding hydrogens is 441 g/mol. The van der Waals surface area contributed by atoms with Crippen molar-refractivity contribution in [2.24, 2.45) is 23.7 Å². The SMILES string of the molecule is CC1CC(C)CN(C2NC(=O)C3C(NC(=O)CC3C(=O)Nc3cc(Cl)ccc3Cl)N2)C1. The first kappa shape index (κ1) is 22.3. The molecule has 6 atom stereocenters. The number of carbonyl (C=O) groups excluding carboxylic acids is 3. The van der Waals surface area contributed by atoms with E-state index in [1.807, 2.05) is 0 Å². The van der Waals surface area contributed by atoms with Crippen molar-refractivity contribution >= 4 is 46.6 Å². The first-order valence-corrected chi connectivity index (χ1v) is 11.3. The Balaban J connectivity index is 1.50. The van der Waals surface area contributed by atoms with Gasteiger partial charge in [-0.15, -0.1) is 0 Å². The lowest BCUT2D eigenvalue weighted by molar-refractivity contribution is -0.148. The molecule has 3 aliphatic rings. The van der Waals surface area contributed by atoms with Gasteiger partial charge < -0.3 is 16.0 Å². The van der Waals surface area contributed by atoms with Crippen LogP contribution < -0.4 is 21.3 Å². The zero-order chi connectivity index (χ0) is 22.3. The van der Waals surface area contributed by atoms with Crippen molar-refractivity contribution in [1.82, 2.24) is 20.9 Å². The predicted octanol–water partition coefficient (Wildman–Crippen LogP) is 1.99. The molecule has 168 valence electrons. The number of amides is 3. The van der Waals surface area contributed by atoms with E-state index in [0.29, 0.717) is 27.6 Å². The van der Waals surface area contributed by atoms with E-state index in [9.17, 15) is 14.4 Å². The van der Waals surface area contributed by atoms with E-state index in [-0.39, 0.29) is 24.5 Å². The molecule has 4 N–H and O–H groups in total. The monoisotopic (exact) mass is 467 g/mol. The highest BCUT2D eigenvalue weighted by Crippen LogP contribution is 2.31. The van der Waals surface area contributed by atoms with Crippen LogP contribution in [0.3, 0.4) is 0 Å². The third-order valence-electron chi connectivity index (χ3n) is 6.22. The lowest BCUT2D eigenvalue weighted by atomic mass is 9.81. The number of hydrogen-bond acceptors (Lipinski definition) is 5. The van der Waals surface area contributed by atoms with E-state index in [1.54, 1.807) is 12.1 Å². The van der Waals surface area contributed by atoms with Crippen LogP contribution in [0.4, 0.5) is 5.69 Å². The Bertz CT molecular complexity index is 888. The minimum atomic E-state index is -0.832. The number of nitrogens with one attached hydrogen (secondary N) is 4. The molecule has 1 aromatic carbocycles. The molecule has 10 heteroatoms. The molecule has 31 heavy (non-hydrogen) atoms. The second-order valence-electron chi connectivity index (χ2n) is 8.97. The summed E-state index contributed by atoms with van der Waals surface area (Å²) in [6, 6.07) is 4.73. The van der Waals surface area contributed by atoms with Crippen LogP contribution in [0.2, 0.25) is 10.0 Å². The van der Waals surface area contributed by atoms with E-state index in [0.717, 1.165) is 19.5 Å². The lowest BCUT2D eigenvalue weighted by Gasteiger charge is -2.48. The molecule has 0 aromatic heterocycles. The maximum atomic E-state index is 13.1. The van der Waals surface area contributed by atoms with Crippen LogP contribution in [0.15, 0.2) is 18.2 Å². The molecule has 3 aliphatic heterocycles. The fraction of sp³-hybridized carbons (Fsp3) is 0.571. The van der Waals surface area contributed by atoms with Gasteiger partial charge >= 0.3 is 0 Å². The van der Waals surface area contributed by atoms with Crippen molar-refractivity contribution in [2.75, 3.05) is 18.4 Å². The molecule has 1 aromatic rings. The smallest absolute Gasteiger partial charge is 0.229 e. The fourth-order valence-corrected chi connectivity index (χ4v) is 5.33.